The zero-order valence-corrected chi connectivity index (χ0v) is 12.9. The molecule has 0 rings (SSSR count). The van der Waals surface area contributed by atoms with Crippen molar-refractivity contribution >= 4 is 0 Å². The predicted molar refractivity (Wildman–Crippen MR) is 75.1 cm³/mol. The van der Waals surface area contributed by atoms with Crippen LogP contribution in [0.25, 0.3) is 0 Å². The minimum Gasteiger partial charge on any atom is -0.380 e. The molecular weight excluding hydrogens is 230 g/mol. The van der Waals surface area contributed by atoms with Gasteiger partial charge in [0, 0.05) is 6.61 Å². The van der Waals surface area contributed by atoms with Crippen LogP contribution in [0, 0.1) is 0 Å². The van der Waals surface area contributed by atoms with Gasteiger partial charge in [-0.3, -0.25) is 0 Å². The Labute approximate surface area is 112 Å². The summed E-state index contributed by atoms with van der Waals surface area (Å²) in [6, 6.07) is 0. The first-order valence-electron chi connectivity index (χ1n) is 7.01. The van der Waals surface area contributed by atoms with E-state index in [1.165, 1.54) is 0 Å². The van der Waals surface area contributed by atoms with E-state index in [0.29, 0.717) is 26.4 Å². The van der Waals surface area contributed by atoms with E-state index in [2.05, 4.69) is 12.2 Å². The van der Waals surface area contributed by atoms with Gasteiger partial charge in [-0.25, -0.2) is 0 Å². The van der Waals surface area contributed by atoms with E-state index >= 15 is 0 Å². The summed E-state index contributed by atoms with van der Waals surface area (Å²) in [5.74, 6) is 0. The minimum absolute atomic E-state index is 0.212. The molecule has 0 unspecified atom stereocenters. The maximum absolute atomic E-state index is 5.77. The van der Waals surface area contributed by atoms with E-state index in [0.717, 1.165) is 6.54 Å². The van der Waals surface area contributed by atoms with Crippen LogP contribution in [0.4, 0.5) is 0 Å². The van der Waals surface area contributed by atoms with Crippen molar-refractivity contribution in [3.63, 3.8) is 0 Å². The van der Waals surface area contributed by atoms with Crippen LogP contribution >= 0.6 is 0 Å². The fraction of sp³-hybridized carbons (Fsp3) is 1.00. The highest BCUT2D eigenvalue weighted by atomic mass is 16.5. The molecule has 1 N–H and O–H groups in total. The molecule has 18 heavy (non-hydrogen) atoms. The molecule has 4 nitrogen and oxygen atoms in total. The number of rotatable bonds is 11. The average molecular weight is 261 g/mol. The smallest absolute Gasteiger partial charge is 0.0890 e. The molecule has 0 aliphatic rings. The van der Waals surface area contributed by atoms with Crippen LogP contribution in [0.1, 0.15) is 41.5 Å². The Hall–Kier alpha value is -0.160. The van der Waals surface area contributed by atoms with Gasteiger partial charge in [-0.1, -0.05) is 6.92 Å². The van der Waals surface area contributed by atoms with E-state index < -0.39 is 0 Å². The summed E-state index contributed by atoms with van der Waals surface area (Å²) < 4.78 is 17.1. The molecule has 0 aromatic heterocycles. The molecule has 0 fully saturated rings. The lowest BCUT2D eigenvalue weighted by Crippen LogP contribution is -2.57. The lowest BCUT2D eigenvalue weighted by molar-refractivity contribution is -0.0620. The lowest BCUT2D eigenvalue weighted by atomic mass is 10.0. The monoisotopic (exact) mass is 261 g/mol. The topological polar surface area (TPSA) is 39.7 Å². The number of hydrogen-bond acceptors (Lipinski definition) is 4. The number of nitrogens with one attached hydrogen (secondary N) is 1. The van der Waals surface area contributed by atoms with Gasteiger partial charge in [-0.2, -0.15) is 0 Å². The van der Waals surface area contributed by atoms with Gasteiger partial charge < -0.3 is 19.5 Å². The highest BCUT2D eigenvalue weighted by Crippen LogP contribution is 2.11. The van der Waals surface area contributed by atoms with Crippen molar-refractivity contribution in [1.82, 2.24) is 5.32 Å². The van der Waals surface area contributed by atoms with Crippen LogP contribution in [0.3, 0.4) is 0 Å². The van der Waals surface area contributed by atoms with Crippen molar-refractivity contribution in [2.24, 2.45) is 0 Å². The molecule has 0 amide bonds. The molecular formula is C14H31NO3. The molecule has 0 aromatic rings. The van der Waals surface area contributed by atoms with Crippen molar-refractivity contribution in [3.8, 4) is 0 Å². The van der Waals surface area contributed by atoms with Gasteiger partial charge in [-0.05, 0) is 41.2 Å². The molecule has 0 saturated carbocycles. The fourth-order valence-corrected chi connectivity index (χ4v) is 1.60. The van der Waals surface area contributed by atoms with Crippen molar-refractivity contribution in [2.75, 3.05) is 33.0 Å². The summed E-state index contributed by atoms with van der Waals surface area (Å²) in [4.78, 5) is 0. The third-order valence-electron chi connectivity index (χ3n) is 2.52. The minimum atomic E-state index is -0.251. The third-order valence-corrected chi connectivity index (χ3v) is 2.52. The molecule has 0 bridgehead atoms. The first-order valence-corrected chi connectivity index (χ1v) is 7.01. The second-order valence-electron chi connectivity index (χ2n) is 5.17. The van der Waals surface area contributed by atoms with E-state index in [1.54, 1.807) is 0 Å². The molecule has 0 radical (unpaired) electrons. The average Bonchev–Trinajstić information content (AvgIpc) is 2.31. The quantitative estimate of drug-likeness (QED) is 0.619. The van der Waals surface area contributed by atoms with Gasteiger partial charge in [0.15, 0.2) is 0 Å². The maximum Gasteiger partial charge on any atom is 0.0890 e. The SMILES string of the molecule is CCNC(COCC)(COC(C)C)COC(C)C. The molecule has 0 heterocycles. The standard InChI is InChI=1S/C14H31NO3/c1-7-15-14(9-16-8-2,10-17-12(3)4)11-18-13(5)6/h12-13,15H,7-11H2,1-6H3. The maximum atomic E-state index is 5.77. The fourth-order valence-electron chi connectivity index (χ4n) is 1.60. The lowest BCUT2D eigenvalue weighted by Gasteiger charge is -2.35. The molecule has 0 aliphatic heterocycles. The normalized spacial score (nSPS) is 12.7. The largest absolute Gasteiger partial charge is 0.380 e. The van der Waals surface area contributed by atoms with E-state index in [4.69, 9.17) is 14.2 Å². The highest BCUT2D eigenvalue weighted by molar-refractivity contribution is 4.88. The molecule has 110 valence electrons. The van der Waals surface area contributed by atoms with Crippen LogP contribution in [-0.2, 0) is 14.2 Å². The summed E-state index contributed by atoms with van der Waals surface area (Å²) in [6.07, 6.45) is 0.424. The van der Waals surface area contributed by atoms with Crippen LogP contribution in [0.5, 0.6) is 0 Å². The summed E-state index contributed by atoms with van der Waals surface area (Å²) in [7, 11) is 0. The third kappa shape index (κ3) is 8.03. The molecule has 0 aliphatic carbocycles. The van der Waals surface area contributed by atoms with Gasteiger partial charge in [0.05, 0.1) is 37.6 Å². The first kappa shape index (κ1) is 17.8. The molecule has 0 spiro atoms. The first-order chi connectivity index (χ1) is 8.45. The van der Waals surface area contributed by atoms with E-state index in [1.807, 2.05) is 34.6 Å². The Morgan fingerprint density at radius 1 is 0.889 bits per heavy atom. The van der Waals surface area contributed by atoms with Crippen molar-refractivity contribution < 1.29 is 14.2 Å². The highest BCUT2D eigenvalue weighted by Gasteiger charge is 2.31. The van der Waals surface area contributed by atoms with E-state index in [-0.39, 0.29) is 17.7 Å². The van der Waals surface area contributed by atoms with E-state index in [9.17, 15) is 0 Å². The van der Waals surface area contributed by atoms with Gasteiger partial charge in [0.1, 0.15) is 0 Å². The van der Waals surface area contributed by atoms with Crippen molar-refractivity contribution in [3.05, 3.63) is 0 Å². The molecule has 0 atom stereocenters. The van der Waals surface area contributed by atoms with Gasteiger partial charge in [0.2, 0.25) is 0 Å². The number of ether oxygens (including phenoxy) is 3. The van der Waals surface area contributed by atoms with Crippen LogP contribution in [0.2, 0.25) is 0 Å². The second-order valence-corrected chi connectivity index (χ2v) is 5.17. The van der Waals surface area contributed by atoms with Crippen LogP contribution < -0.4 is 5.32 Å². The number of hydrogen-bond donors (Lipinski definition) is 1. The Kier molecular flexibility index (Phi) is 9.64. The molecule has 0 aromatic carbocycles. The Balaban J connectivity index is 4.54. The van der Waals surface area contributed by atoms with Gasteiger partial charge in [0.25, 0.3) is 0 Å². The van der Waals surface area contributed by atoms with Crippen LogP contribution in [-0.4, -0.2) is 50.7 Å². The summed E-state index contributed by atoms with van der Waals surface area (Å²) in [5.41, 5.74) is -0.251. The Bertz CT molecular complexity index is 183. The predicted octanol–water partition coefficient (Wildman–Crippen LogP) is 2.22. The van der Waals surface area contributed by atoms with Crippen molar-refractivity contribution in [1.29, 1.82) is 0 Å². The summed E-state index contributed by atoms with van der Waals surface area (Å²) >= 11 is 0. The number of likely N-dealkylation sites (N-methyl/N-ethyl adjacent to an activating group) is 1. The van der Waals surface area contributed by atoms with Crippen molar-refractivity contribution in [2.45, 2.75) is 59.3 Å². The molecule has 4 heteroatoms. The van der Waals surface area contributed by atoms with Crippen LogP contribution in [0.15, 0.2) is 0 Å². The zero-order valence-electron chi connectivity index (χ0n) is 12.9. The van der Waals surface area contributed by atoms with Gasteiger partial charge in [-0.15, -0.1) is 0 Å². The van der Waals surface area contributed by atoms with Gasteiger partial charge >= 0.3 is 0 Å². The Morgan fingerprint density at radius 2 is 1.39 bits per heavy atom. The Morgan fingerprint density at radius 3 is 1.72 bits per heavy atom. The summed E-state index contributed by atoms with van der Waals surface area (Å²) in [6.45, 7) is 15.7. The second kappa shape index (κ2) is 9.73. The summed E-state index contributed by atoms with van der Waals surface area (Å²) in [5, 5.41) is 3.47. The zero-order chi connectivity index (χ0) is 14.0. The molecule has 0 saturated heterocycles.